The van der Waals surface area contributed by atoms with Crippen LogP contribution in [0.1, 0.15) is 16.7 Å². The van der Waals surface area contributed by atoms with Crippen LogP contribution in [0.15, 0.2) is 84.9 Å². The molecule has 200 valence electrons. The molecular formula is C32H25N7O2. The largest absolute Gasteiger partial charge is 0.506 e. The lowest BCUT2D eigenvalue weighted by Gasteiger charge is -2.07. The number of benzene rings is 4. The van der Waals surface area contributed by atoms with Gasteiger partial charge in [0.25, 0.3) is 0 Å². The third-order valence-corrected chi connectivity index (χ3v) is 7.11. The van der Waals surface area contributed by atoms with E-state index >= 15 is 0 Å². The Morgan fingerprint density at radius 3 is 1.76 bits per heavy atom. The molecule has 7 aromatic rings. The van der Waals surface area contributed by atoms with Crippen LogP contribution in [0.3, 0.4) is 0 Å². The summed E-state index contributed by atoms with van der Waals surface area (Å²) in [6, 6.07) is 26.5. The van der Waals surface area contributed by atoms with Crippen LogP contribution in [-0.2, 0) is 0 Å². The maximum Gasteiger partial charge on any atom is 0.146 e. The molecule has 0 bridgehead atoms. The number of phenols is 2. The van der Waals surface area contributed by atoms with E-state index in [1.54, 1.807) is 6.07 Å². The molecule has 0 spiro atoms. The first-order chi connectivity index (χ1) is 19.9. The van der Waals surface area contributed by atoms with Gasteiger partial charge in [0.1, 0.15) is 44.9 Å². The maximum atomic E-state index is 10.7. The Balaban J connectivity index is 1.34. The van der Waals surface area contributed by atoms with Crippen LogP contribution in [-0.4, -0.2) is 45.2 Å². The zero-order chi connectivity index (χ0) is 28.2. The summed E-state index contributed by atoms with van der Waals surface area (Å²) in [6.45, 7) is 5.79. The number of rotatable bonds is 4. The molecule has 0 amide bonds. The van der Waals surface area contributed by atoms with Gasteiger partial charge < -0.3 is 10.2 Å². The topological polar surface area (TPSA) is 115 Å². The van der Waals surface area contributed by atoms with Crippen LogP contribution in [0.2, 0.25) is 0 Å². The van der Waals surface area contributed by atoms with E-state index in [1.165, 1.54) is 9.59 Å². The minimum atomic E-state index is 0.105. The number of aromatic hydroxyl groups is 2. The number of phenolic OH excluding ortho intramolecular Hbond substituents is 2. The van der Waals surface area contributed by atoms with Crippen molar-refractivity contribution in [3.63, 3.8) is 0 Å². The second kappa shape index (κ2) is 9.27. The SMILES string of the molecule is Cc1ccc(O)c(-n2nc3cccc(-c4cccc(-c5cccc6nn(-c7cc(C)cc(C)c7O)nc56)n4)c3n2)c1. The van der Waals surface area contributed by atoms with Crippen molar-refractivity contribution in [2.45, 2.75) is 20.8 Å². The predicted octanol–water partition coefficient (Wildman–Crippen LogP) is 6.22. The van der Waals surface area contributed by atoms with Gasteiger partial charge in [0.05, 0.1) is 11.4 Å². The normalized spacial score (nSPS) is 11.5. The van der Waals surface area contributed by atoms with Crippen LogP contribution < -0.4 is 0 Å². The molecule has 0 atom stereocenters. The van der Waals surface area contributed by atoms with Crippen LogP contribution in [0.4, 0.5) is 0 Å². The zero-order valence-electron chi connectivity index (χ0n) is 22.6. The summed E-state index contributed by atoms with van der Waals surface area (Å²) in [5.41, 5.74) is 9.63. The van der Waals surface area contributed by atoms with Gasteiger partial charge in [-0.2, -0.15) is 0 Å². The standard InChI is InChI=1S/C32H25N7O2/c1-18-13-14-29(40)27(16-18)38-34-25-11-4-7-21(30(25)36-38)23-9-6-10-24(33-23)22-8-5-12-26-31(22)37-39(35-26)28-17-19(2)15-20(3)32(28)41/h4-17,40-41H,1-3H3. The maximum absolute atomic E-state index is 10.7. The van der Waals surface area contributed by atoms with Gasteiger partial charge in [-0.05, 0) is 79.9 Å². The highest BCUT2D eigenvalue weighted by Gasteiger charge is 2.17. The molecule has 9 heteroatoms. The Morgan fingerprint density at radius 2 is 1.12 bits per heavy atom. The van der Waals surface area contributed by atoms with Crippen LogP contribution >= 0.6 is 0 Å². The minimum absolute atomic E-state index is 0.105. The second-order valence-corrected chi connectivity index (χ2v) is 10.2. The molecule has 2 N–H and O–H groups in total. The fourth-order valence-corrected chi connectivity index (χ4v) is 5.12. The molecule has 0 aliphatic carbocycles. The lowest BCUT2D eigenvalue weighted by molar-refractivity contribution is 0.463. The second-order valence-electron chi connectivity index (χ2n) is 10.2. The highest BCUT2D eigenvalue weighted by atomic mass is 16.3. The van der Waals surface area contributed by atoms with E-state index in [0.717, 1.165) is 39.2 Å². The van der Waals surface area contributed by atoms with Crippen LogP contribution in [0.5, 0.6) is 11.5 Å². The first kappa shape index (κ1) is 24.5. The molecule has 0 fully saturated rings. The molecule has 0 saturated heterocycles. The average molecular weight is 540 g/mol. The number of fused-ring (bicyclic) bond motifs is 2. The molecule has 0 saturated carbocycles. The molecule has 4 aromatic carbocycles. The number of aromatic nitrogens is 7. The van der Waals surface area contributed by atoms with Crippen LogP contribution in [0, 0.1) is 20.8 Å². The minimum Gasteiger partial charge on any atom is -0.506 e. The van der Waals surface area contributed by atoms with E-state index < -0.39 is 0 Å². The van der Waals surface area contributed by atoms with Crippen molar-refractivity contribution in [2.75, 3.05) is 0 Å². The van der Waals surface area contributed by atoms with Crippen molar-refractivity contribution in [1.29, 1.82) is 0 Å². The van der Waals surface area contributed by atoms with Gasteiger partial charge in [-0.25, -0.2) is 4.98 Å². The molecule has 41 heavy (non-hydrogen) atoms. The summed E-state index contributed by atoms with van der Waals surface area (Å²) in [5.74, 6) is 0.255. The summed E-state index contributed by atoms with van der Waals surface area (Å²) >= 11 is 0. The Bertz CT molecular complexity index is 2130. The van der Waals surface area contributed by atoms with Gasteiger partial charge in [-0.15, -0.1) is 30.0 Å². The predicted molar refractivity (Wildman–Crippen MR) is 157 cm³/mol. The molecule has 0 unspecified atom stereocenters. The van der Waals surface area contributed by atoms with Crippen molar-refractivity contribution < 1.29 is 10.2 Å². The summed E-state index contributed by atoms with van der Waals surface area (Å²) in [4.78, 5) is 7.94. The monoisotopic (exact) mass is 539 g/mol. The van der Waals surface area contributed by atoms with E-state index in [9.17, 15) is 10.2 Å². The number of pyridine rings is 1. The van der Waals surface area contributed by atoms with E-state index in [-0.39, 0.29) is 11.5 Å². The van der Waals surface area contributed by atoms with Crippen molar-refractivity contribution in [2.24, 2.45) is 0 Å². The fraction of sp³-hybridized carbons (Fsp3) is 0.0938. The third-order valence-electron chi connectivity index (χ3n) is 7.11. The van der Waals surface area contributed by atoms with Gasteiger partial charge in [0.2, 0.25) is 0 Å². The molecular weight excluding hydrogens is 514 g/mol. The van der Waals surface area contributed by atoms with Gasteiger partial charge in [-0.1, -0.05) is 42.5 Å². The number of aryl methyl sites for hydroxylation is 3. The molecule has 3 heterocycles. The smallest absolute Gasteiger partial charge is 0.146 e. The Hall–Kier alpha value is -5.57. The van der Waals surface area contributed by atoms with E-state index in [0.29, 0.717) is 33.4 Å². The van der Waals surface area contributed by atoms with Gasteiger partial charge >= 0.3 is 0 Å². The van der Waals surface area contributed by atoms with Crippen molar-refractivity contribution >= 4 is 22.1 Å². The summed E-state index contributed by atoms with van der Waals surface area (Å²) in [7, 11) is 0. The van der Waals surface area contributed by atoms with Gasteiger partial charge in [0, 0.05) is 11.1 Å². The summed E-state index contributed by atoms with van der Waals surface area (Å²) in [5, 5.41) is 39.9. The Kier molecular flexibility index (Phi) is 5.53. The lowest BCUT2D eigenvalue weighted by atomic mass is 10.1. The average Bonchev–Trinajstić information content (AvgIpc) is 3.61. The van der Waals surface area contributed by atoms with Crippen molar-refractivity contribution in [3.05, 3.63) is 102 Å². The Labute approximate surface area is 235 Å². The van der Waals surface area contributed by atoms with E-state index in [1.807, 2.05) is 99.6 Å². The zero-order valence-corrected chi connectivity index (χ0v) is 22.6. The Morgan fingerprint density at radius 1 is 0.561 bits per heavy atom. The first-order valence-electron chi connectivity index (χ1n) is 13.2. The first-order valence-corrected chi connectivity index (χ1v) is 13.2. The summed E-state index contributed by atoms with van der Waals surface area (Å²) < 4.78 is 0. The summed E-state index contributed by atoms with van der Waals surface area (Å²) in [6.07, 6.45) is 0. The van der Waals surface area contributed by atoms with E-state index in [4.69, 9.17) is 15.2 Å². The molecule has 3 aromatic heterocycles. The van der Waals surface area contributed by atoms with Crippen molar-refractivity contribution in [1.82, 2.24) is 35.0 Å². The molecule has 0 radical (unpaired) electrons. The number of hydrogen-bond acceptors (Lipinski definition) is 7. The molecule has 0 aliphatic heterocycles. The van der Waals surface area contributed by atoms with Gasteiger partial charge in [0.15, 0.2) is 0 Å². The molecule has 7 rings (SSSR count). The number of nitrogens with zero attached hydrogens (tertiary/aromatic N) is 7. The molecule has 9 nitrogen and oxygen atoms in total. The van der Waals surface area contributed by atoms with Crippen molar-refractivity contribution in [3.8, 4) is 45.4 Å². The number of hydrogen-bond donors (Lipinski definition) is 2. The molecule has 0 aliphatic rings. The highest BCUT2D eigenvalue weighted by molar-refractivity contribution is 5.93. The van der Waals surface area contributed by atoms with E-state index in [2.05, 4.69) is 10.2 Å². The van der Waals surface area contributed by atoms with Gasteiger partial charge in [-0.3, -0.25) is 0 Å². The lowest BCUT2D eigenvalue weighted by Crippen LogP contribution is -2.00. The highest BCUT2D eigenvalue weighted by Crippen LogP contribution is 2.32. The quantitative estimate of drug-likeness (QED) is 0.273. The fourth-order valence-electron chi connectivity index (χ4n) is 5.12. The van der Waals surface area contributed by atoms with Crippen LogP contribution in [0.25, 0.3) is 56.0 Å². The third kappa shape index (κ3) is 4.15.